The van der Waals surface area contributed by atoms with Crippen molar-refractivity contribution in [3.63, 3.8) is 0 Å². The highest BCUT2D eigenvalue weighted by atomic mass is 32.2. The van der Waals surface area contributed by atoms with Gasteiger partial charge in [-0.15, -0.1) is 0 Å². The first-order chi connectivity index (χ1) is 11.3. The van der Waals surface area contributed by atoms with Gasteiger partial charge in [0.1, 0.15) is 5.75 Å². The molecule has 2 N–H and O–H groups in total. The zero-order chi connectivity index (χ0) is 16.1. The normalized spacial score (nSPS) is 10.1. The molecule has 0 aliphatic rings. The summed E-state index contributed by atoms with van der Waals surface area (Å²) in [7, 11) is 1.59. The van der Waals surface area contributed by atoms with E-state index in [1.165, 1.54) is 11.9 Å². The Labute approximate surface area is 139 Å². The molecule has 0 aliphatic carbocycles. The Hall–Kier alpha value is -2.84. The molecule has 0 atom stereocenters. The molecular weight excluding hydrogens is 306 g/mol. The van der Waals surface area contributed by atoms with E-state index in [4.69, 9.17) is 10.00 Å². The summed E-state index contributed by atoms with van der Waals surface area (Å²) < 4.78 is 8.57. The second-order valence-electron chi connectivity index (χ2n) is 4.85. The summed E-state index contributed by atoms with van der Waals surface area (Å²) in [6, 6.07) is 19.7. The largest absolute Gasteiger partial charge is 0.495 e. The van der Waals surface area contributed by atoms with Gasteiger partial charge in [0.25, 0.3) is 0 Å². The third kappa shape index (κ3) is 3.50. The average molecular weight is 321 g/mol. The molecule has 5 heteroatoms. The number of rotatable bonds is 5. The van der Waals surface area contributed by atoms with Crippen LogP contribution in [0.1, 0.15) is 5.56 Å². The number of methoxy groups -OCH3 is 1. The van der Waals surface area contributed by atoms with Crippen LogP contribution < -0.4 is 9.46 Å². The van der Waals surface area contributed by atoms with Crippen LogP contribution in [0.4, 0.5) is 5.69 Å². The van der Waals surface area contributed by atoms with E-state index < -0.39 is 0 Å². The highest BCUT2D eigenvalue weighted by Crippen LogP contribution is 2.31. The van der Waals surface area contributed by atoms with Gasteiger partial charge in [0, 0.05) is 22.9 Å². The highest BCUT2D eigenvalue weighted by Gasteiger charge is 2.06. The molecule has 3 aromatic rings. The minimum Gasteiger partial charge on any atom is -0.495 e. The molecule has 0 spiro atoms. The van der Waals surface area contributed by atoms with E-state index in [2.05, 4.69) is 34.0 Å². The molecule has 23 heavy (non-hydrogen) atoms. The summed E-state index contributed by atoms with van der Waals surface area (Å²) in [6.45, 7) is 0. The maximum atomic E-state index is 8.93. The number of ether oxygens (including phenoxy) is 1. The molecule has 2 aromatic carbocycles. The van der Waals surface area contributed by atoms with Crippen LogP contribution in [0.2, 0.25) is 0 Å². The van der Waals surface area contributed by atoms with Crippen molar-refractivity contribution in [2.24, 2.45) is 0 Å². The van der Waals surface area contributed by atoms with Crippen LogP contribution in [0.5, 0.6) is 5.75 Å². The minimum absolute atomic E-state index is 0.574. The summed E-state index contributed by atoms with van der Waals surface area (Å²) in [5.41, 5.74) is 3.63. The van der Waals surface area contributed by atoms with Crippen LogP contribution in [0, 0.1) is 11.3 Å². The lowest BCUT2D eigenvalue weighted by molar-refractivity contribution is 0.417. The van der Waals surface area contributed by atoms with Crippen molar-refractivity contribution in [2.75, 3.05) is 11.8 Å². The standard InChI is InChI=1S/C18H15N3OS/c1-22-18-9-13(11-19)7-8-16(18)21-23-15-10-17(20-12-15)14-5-3-2-4-6-14/h2-10,12,20-21H,1H3. The third-order valence-corrected chi connectivity index (χ3v) is 4.14. The first kappa shape index (κ1) is 15.1. The molecule has 1 aromatic heterocycles. The van der Waals surface area contributed by atoms with Gasteiger partial charge in [-0.25, -0.2) is 0 Å². The van der Waals surface area contributed by atoms with Crippen molar-refractivity contribution in [3.05, 3.63) is 66.4 Å². The second-order valence-corrected chi connectivity index (χ2v) is 5.73. The molecule has 114 valence electrons. The summed E-state index contributed by atoms with van der Waals surface area (Å²) in [5, 5.41) is 8.93. The maximum absolute atomic E-state index is 8.93. The third-order valence-electron chi connectivity index (χ3n) is 3.35. The smallest absolute Gasteiger partial charge is 0.144 e. The van der Waals surface area contributed by atoms with Crippen molar-refractivity contribution >= 4 is 17.6 Å². The van der Waals surface area contributed by atoms with Crippen LogP contribution in [0.3, 0.4) is 0 Å². The molecule has 0 unspecified atom stereocenters. The number of aromatic amines is 1. The first-order valence-electron chi connectivity index (χ1n) is 7.05. The molecule has 0 saturated heterocycles. The monoisotopic (exact) mass is 321 g/mol. The van der Waals surface area contributed by atoms with Gasteiger partial charge in [0.05, 0.1) is 24.4 Å². The number of H-pyrrole nitrogens is 1. The lowest BCUT2D eigenvalue weighted by atomic mass is 10.2. The van der Waals surface area contributed by atoms with Gasteiger partial charge in [-0.05, 0) is 35.7 Å². The Morgan fingerprint density at radius 2 is 1.96 bits per heavy atom. The van der Waals surface area contributed by atoms with Crippen LogP contribution in [-0.4, -0.2) is 12.1 Å². The van der Waals surface area contributed by atoms with Gasteiger partial charge in [0.2, 0.25) is 0 Å². The zero-order valence-electron chi connectivity index (χ0n) is 12.5. The molecule has 1 heterocycles. The van der Waals surface area contributed by atoms with E-state index in [1.807, 2.05) is 30.5 Å². The number of benzene rings is 2. The Morgan fingerprint density at radius 1 is 1.13 bits per heavy atom. The quantitative estimate of drug-likeness (QED) is 0.670. The van der Waals surface area contributed by atoms with Gasteiger partial charge in [0.15, 0.2) is 0 Å². The topological polar surface area (TPSA) is 60.8 Å². The van der Waals surface area contributed by atoms with E-state index in [0.29, 0.717) is 11.3 Å². The molecule has 0 bridgehead atoms. The van der Waals surface area contributed by atoms with E-state index in [1.54, 1.807) is 19.2 Å². The van der Waals surface area contributed by atoms with E-state index in [0.717, 1.165) is 21.8 Å². The molecule has 0 fully saturated rings. The van der Waals surface area contributed by atoms with Crippen molar-refractivity contribution in [2.45, 2.75) is 4.90 Å². The predicted octanol–water partition coefficient (Wildman–Crippen LogP) is 4.68. The average Bonchev–Trinajstić information content (AvgIpc) is 3.09. The van der Waals surface area contributed by atoms with Crippen LogP contribution >= 0.6 is 11.9 Å². The highest BCUT2D eigenvalue weighted by molar-refractivity contribution is 8.00. The maximum Gasteiger partial charge on any atom is 0.144 e. The van der Waals surface area contributed by atoms with Gasteiger partial charge in [-0.1, -0.05) is 30.3 Å². The van der Waals surface area contributed by atoms with Crippen LogP contribution in [0.15, 0.2) is 65.7 Å². The van der Waals surface area contributed by atoms with Crippen LogP contribution in [0.25, 0.3) is 11.3 Å². The van der Waals surface area contributed by atoms with Crippen molar-refractivity contribution in [1.82, 2.24) is 4.98 Å². The number of hydrogen-bond acceptors (Lipinski definition) is 4. The fourth-order valence-electron chi connectivity index (χ4n) is 2.18. The van der Waals surface area contributed by atoms with E-state index in [-0.39, 0.29) is 0 Å². The molecule has 0 aliphatic heterocycles. The van der Waals surface area contributed by atoms with E-state index >= 15 is 0 Å². The summed E-state index contributed by atoms with van der Waals surface area (Å²) in [5.74, 6) is 0.648. The summed E-state index contributed by atoms with van der Waals surface area (Å²) >= 11 is 1.49. The second kappa shape index (κ2) is 6.95. The number of nitrogens with one attached hydrogen (secondary N) is 2. The fraction of sp³-hybridized carbons (Fsp3) is 0.0556. The van der Waals surface area contributed by atoms with Gasteiger partial charge in [-0.2, -0.15) is 5.26 Å². The number of nitriles is 1. The Kier molecular flexibility index (Phi) is 4.55. The predicted molar refractivity (Wildman–Crippen MR) is 93.4 cm³/mol. The lowest BCUT2D eigenvalue weighted by Gasteiger charge is -2.09. The first-order valence-corrected chi connectivity index (χ1v) is 7.86. The van der Waals surface area contributed by atoms with Crippen molar-refractivity contribution < 1.29 is 4.74 Å². The van der Waals surface area contributed by atoms with Gasteiger partial charge >= 0.3 is 0 Å². The van der Waals surface area contributed by atoms with Crippen molar-refractivity contribution in [3.8, 4) is 23.1 Å². The molecule has 0 amide bonds. The van der Waals surface area contributed by atoms with Crippen LogP contribution in [-0.2, 0) is 0 Å². The number of anilines is 1. The van der Waals surface area contributed by atoms with Gasteiger partial charge in [-0.3, -0.25) is 0 Å². The molecule has 0 radical (unpaired) electrons. The fourth-order valence-corrected chi connectivity index (χ4v) is 2.87. The Balaban J connectivity index is 1.72. The zero-order valence-corrected chi connectivity index (χ0v) is 13.4. The Bertz CT molecular complexity index is 837. The minimum atomic E-state index is 0.574. The molecule has 4 nitrogen and oxygen atoms in total. The SMILES string of the molecule is COc1cc(C#N)ccc1NSc1c[nH]c(-c2ccccc2)c1. The van der Waals surface area contributed by atoms with Gasteiger partial charge < -0.3 is 14.4 Å². The molecule has 0 saturated carbocycles. The van der Waals surface area contributed by atoms with Crippen molar-refractivity contribution in [1.29, 1.82) is 5.26 Å². The lowest BCUT2D eigenvalue weighted by Crippen LogP contribution is -1.92. The molecular formula is C18H15N3OS. The summed E-state index contributed by atoms with van der Waals surface area (Å²) in [4.78, 5) is 4.34. The number of nitrogens with zero attached hydrogens (tertiary/aromatic N) is 1. The van der Waals surface area contributed by atoms with E-state index in [9.17, 15) is 0 Å². The number of hydrogen-bond donors (Lipinski definition) is 2. The Morgan fingerprint density at radius 3 is 2.70 bits per heavy atom. The summed E-state index contributed by atoms with van der Waals surface area (Å²) in [6.07, 6.45) is 1.95. The molecule has 3 rings (SSSR count). The number of aromatic nitrogens is 1.